The van der Waals surface area contributed by atoms with Crippen LogP contribution in [0.2, 0.25) is 0 Å². The lowest BCUT2D eigenvalue weighted by molar-refractivity contribution is 0.394. The van der Waals surface area contributed by atoms with Gasteiger partial charge in [0.2, 0.25) is 5.88 Å². The highest BCUT2D eigenvalue weighted by Crippen LogP contribution is 2.23. The Labute approximate surface area is 90.9 Å². The Morgan fingerprint density at radius 3 is 2.93 bits per heavy atom. The van der Waals surface area contributed by atoms with Crippen LogP contribution in [0.4, 0.5) is 0 Å². The third kappa shape index (κ3) is 2.48. The van der Waals surface area contributed by atoms with Gasteiger partial charge < -0.3 is 10.1 Å². The van der Waals surface area contributed by atoms with Crippen molar-refractivity contribution < 1.29 is 4.74 Å². The van der Waals surface area contributed by atoms with Crippen LogP contribution in [0.1, 0.15) is 25.3 Å². The van der Waals surface area contributed by atoms with Gasteiger partial charge in [0.15, 0.2) is 0 Å². The summed E-state index contributed by atoms with van der Waals surface area (Å²) in [6, 6.07) is 4.02. The van der Waals surface area contributed by atoms with Crippen LogP contribution in [0.3, 0.4) is 0 Å². The minimum Gasteiger partial charge on any atom is -0.481 e. The summed E-state index contributed by atoms with van der Waals surface area (Å²) in [5, 5.41) is 3.55. The minimum absolute atomic E-state index is 0.260. The van der Waals surface area contributed by atoms with Crippen LogP contribution in [0.5, 0.6) is 5.88 Å². The first-order valence-corrected chi connectivity index (χ1v) is 5.46. The van der Waals surface area contributed by atoms with Gasteiger partial charge in [-0.25, -0.2) is 4.98 Å². The predicted molar refractivity (Wildman–Crippen MR) is 60.1 cm³/mol. The summed E-state index contributed by atoms with van der Waals surface area (Å²) < 4.78 is 5.04. The summed E-state index contributed by atoms with van der Waals surface area (Å²) in [5.41, 5.74) is 1.53. The fourth-order valence-electron chi connectivity index (χ4n) is 2.19. The molecular formula is C12H18N2O. The molecule has 0 aliphatic carbocycles. The Kier molecular flexibility index (Phi) is 2.91. The van der Waals surface area contributed by atoms with Crippen molar-refractivity contribution in [3.63, 3.8) is 0 Å². The van der Waals surface area contributed by atoms with Gasteiger partial charge >= 0.3 is 0 Å². The lowest BCUT2D eigenvalue weighted by Crippen LogP contribution is -2.38. The molecule has 1 atom stereocenters. The number of aromatic nitrogens is 1. The standard InChI is InChI=1S/C12H18N2O/c1-12(6-3-7-14-12)8-10-4-5-11(15-2)13-9-10/h4-5,9,14H,3,6-8H2,1-2H3. The van der Waals surface area contributed by atoms with Gasteiger partial charge in [-0.2, -0.15) is 0 Å². The second-order valence-electron chi connectivity index (χ2n) is 4.48. The first-order valence-electron chi connectivity index (χ1n) is 5.46. The van der Waals surface area contributed by atoms with E-state index in [-0.39, 0.29) is 5.54 Å². The molecule has 3 nitrogen and oxygen atoms in total. The van der Waals surface area contributed by atoms with Crippen LogP contribution >= 0.6 is 0 Å². The van der Waals surface area contributed by atoms with Crippen molar-refractivity contribution in [3.05, 3.63) is 23.9 Å². The Morgan fingerprint density at radius 2 is 2.40 bits per heavy atom. The van der Waals surface area contributed by atoms with E-state index >= 15 is 0 Å². The van der Waals surface area contributed by atoms with Gasteiger partial charge in [-0.15, -0.1) is 0 Å². The molecule has 1 aromatic heterocycles. The number of rotatable bonds is 3. The fourth-order valence-corrected chi connectivity index (χ4v) is 2.19. The van der Waals surface area contributed by atoms with E-state index in [1.54, 1.807) is 7.11 Å². The van der Waals surface area contributed by atoms with Crippen LogP contribution < -0.4 is 10.1 Å². The zero-order valence-electron chi connectivity index (χ0n) is 9.42. The van der Waals surface area contributed by atoms with E-state index in [2.05, 4.69) is 23.3 Å². The van der Waals surface area contributed by atoms with Crippen LogP contribution in [-0.4, -0.2) is 24.2 Å². The number of nitrogens with zero attached hydrogens (tertiary/aromatic N) is 1. The summed E-state index contributed by atoms with van der Waals surface area (Å²) in [6.45, 7) is 3.42. The summed E-state index contributed by atoms with van der Waals surface area (Å²) >= 11 is 0. The van der Waals surface area contributed by atoms with E-state index in [0.717, 1.165) is 13.0 Å². The topological polar surface area (TPSA) is 34.1 Å². The number of nitrogens with one attached hydrogen (secondary N) is 1. The molecule has 2 rings (SSSR count). The molecular weight excluding hydrogens is 188 g/mol. The Balaban J connectivity index is 2.04. The molecule has 82 valence electrons. The molecule has 1 aliphatic heterocycles. The molecule has 0 bridgehead atoms. The quantitative estimate of drug-likeness (QED) is 0.818. The average molecular weight is 206 g/mol. The molecule has 1 fully saturated rings. The highest BCUT2D eigenvalue weighted by Gasteiger charge is 2.27. The summed E-state index contributed by atoms with van der Waals surface area (Å²) in [5.74, 6) is 0.684. The molecule has 0 aromatic carbocycles. The number of pyridine rings is 1. The molecule has 2 heterocycles. The number of ether oxygens (including phenoxy) is 1. The zero-order valence-corrected chi connectivity index (χ0v) is 9.42. The van der Waals surface area contributed by atoms with Crippen LogP contribution in [0.15, 0.2) is 18.3 Å². The largest absolute Gasteiger partial charge is 0.481 e. The first-order chi connectivity index (χ1) is 7.22. The van der Waals surface area contributed by atoms with Crippen LogP contribution in [0.25, 0.3) is 0 Å². The maximum absolute atomic E-state index is 5.04. The number of hydrogen-bond acceptors (Lipinski definition) is 3. The van der Waals surface area contributed by atoms with E-state index < -0.39 is 0 Å². The van der Waals surface area contributed by atoms with Gasteiger partial charge in [0.05, 0.1) is 7.11 Å². The maximum Gasteiger partial charge on any atom is 0.212 e. The van der Waals surface area contributed by atoms with E-state index in [4.69, 9.17) is 4.74 Å². The second kappa shape index (κ2) is 4.19. The fraction of sp³-hybridized carbons (Fsp3) is 0.583. The van der Waals surface area contributed by atoms with Crippen LogP contribution in [0, 0.1) is 0 Å². The van der Waals surface area contributed by atoms with Gasteiger partial charge in [0.25, 0.3) is 0 Å². The molecule has 15 heavy (non-hydrogen) atoms. The summed E-state index contributed by atoms with van der Waals surface area (Å²) in [7, 11) is 1.64. The van der Waals surface area contributed by atoms with Gasteiger partial charge in [-0.1, -0.05) is 6.07 Å². The van der Waals surface area contributed by atoms with Gasteiger partial charge in [0, 0.05) is 17.8 Å². The highest BCUT2D eigenvalue weighted by molar-refractivity contribution is 5.20. The Morgan fingerprint density at radius 1 is 1.53 bits per heavy atom. The summed E-state index contributed by atoms with van der Waals surface area (Å²) in [4.78, 5) is 4.22. The number of hydrogen-bond donors (Lipinski definition) is 1. The molecule has 0 spiro atoms. The van der Waals surface area contributed by atoms with Crippen LogP contribution in [-0.2, 0) is 6.42 Å². The van der Waals surface area contributed by atoms with E-state index in [0.29, 0.717) is 5.88 Å². The maximum atomic E-state index is 5.04. The van der Waals surface area contributed by atoms with Gasteiger partial charge in [0.1, 0.15) is 0 Å². The van der Waals surface area contributed by atoms with Crippen molar-refractivity contribution >= 4 is 0 Å². The lowest BCUT2D eigenvalue weighted by Gasteiger charge is -2.24. The molecule has 1 unspecified atom stereocenters. The van der Waals surface area contributed by atoms with Gasteiger partial charge in [-0.05, 0) is 38.3 Å². The molecule has 1 saturated heterocycles. The lowest BCUT2D eigenvalue weighted by atomic mass is 9.92. The van der Waals surface area contributed by atoms with E-state index in [1.165, 1.54) is 18.4 Å². The SMILES string of the molecule is COc1ccc(CC2(C)CCCN2)cn1. The number of methoxy groups -OCH3 is 1. The second-order valence-corrected chi connectivity index (χ2v) is 4.48. The van der Waals surface area contributed by atoms with E-state index in [9.17, 15) is 0 Å². The van der Waals surface area contributed by atoms with Crippen molar-refractivity contribution in [1.82, 2.24) is 10.3 Å². The summed E-state index contributed by atoms with van der Waals surface area (Å²) in [6.07, 6.45) is 5.48. The average Bonchev–Trinajstić information content (AvgIpc) is 2.66. The van der Waals surface area contributed by atoms with E-state index in [1.807, 2.05) is 12.3 Å². The highest BCUT2D eigenvalue weighted by atomic mass is 16.5. The Bertz CT molecular complexity index is 315. The molecule has 1 aliphatic rings. The van der Waals surface area contributed by atoms with Crippen molar-refractivity contribution in [2.24, 2.45) is 0 Å². The third-order valence-electron chi connectivity index (χ3n) is 3.06. The van der Waals surface area contributed by atoms with Crippen molar-refractivity contribution in [1.29, 1.82) is 0 Å². The zero-order chi connectivity index (χ0) is 10.7. The normalized spacial score (nSPS) is 25.5. The van der Waals surface area contributed by atoms with Crippen molar-refractivity contribution in [2.75, 3.05) is 13.7 Å². The van der Waals surface area contributed by atoms with Crippen molar-refractivity contribution in [3.8, 4) is 5.88 Å². The molecule has 0 saturated carbocycles. The third-order valence-corrected chi connectivity index (χ3v) is 3.06. The Hall–Kier alpha value is -1.09. The minimum atomic E-state index is 0.260. The molecule has 1 aromatic rings. The monoisotopic (exact) mass is 206 g/mol. The van der Waals surface area contributed by atoms with Crippen molar-refractivity contribution in [2.45, 2.75) is 31.7 Å². The molecule has 1 N–H and O–H groups in total. The first kappa shape index (κ1) is 10.4. The molecule has 3 heteroatoms. The molecule has 0 radical (unpaired) electrons. The molecule has 0 amide bonds. The predicted octanol–water partition coefficient (Wildman–Crippen LogP) is 1.77. The van der Waals surface area contributed by atoms with Gasteiger partial charge in [-0.3, -0.25) is 0 Å². The smallest absolute Gasteiger partial charge is 0.212 e.